The number of amides is 3. The van der Waals surface area contributed by atoms with Gasteiger partial charge in [0, 0.05) is 0 Å². The van der Waals surface area contributed by atoms with E-state index in [0.29, 0.717) is 5.69 Å². The molecule has 0 aromatic heterocycles. The highest BCUT2D eigenvalue weighted by molar-refractivity contribution is 7.11. The van der Waals surface area contributed by atoms with E-state index in [2.05, 4.69) is 36.4 Å². The molecule has 0 N–H and O–H groups in total. The SMILES string of the molecule is O=C1C(c2ccccc2)N([Si](c2ccccc2)(c2ccccc2)c2ccccc2)C(=O)N1c1ccccc1. The maximum Gasteiger partial charge on any atom is 0.325 e. The van der Waals surface area contributed by atoms with Gasteiger partial charge >= 0.3 is 6.03 Å². The van der Waals surface area contributed by atoms with Crippen molar-refractivity contribution in [2.45, 2.75) is 6.04 Å². The van der Waals surface area contributed by atoms with E-state index in [4.69, 9.17) is 0 Å². The molecule has 5 aromatic carbocycles. The number of benzene rings is 5. The topological polar surface area (TPSA) is 40.6 Å². The van der Waals surface area contributed by atoms with Gasteiger partial charge in [0.25, 0.3) is 14.1 Å². The fraction of sp³-hybridized carbons (Fsp3) is 0.0303. The predicted molar refractivity (Wildman–Crippen MR) is 154 cm³/mol. The molecular formula is C33H26N2O2Si. The number of rotatable bonds is 6. The average molecular weight is 511 g/mol. The molecule has 5 aromatic rings. The van der Waals surface area contributed by atoms with Crippen LogP contribution in [0.25, 0.3) is 0 Å². The summed E-state index contributed by atoms with van der Waals surface area (Å²) >= 11 is 0. The van der Waals surface area contributed by atoms with E-state index in [9.17, 15) is 9.59 Å². The molecule has 0 saturated carbocycles. The van der Waals surface area contributed by atoms with E-state index in [-0.39, 0.29) is 11.9 Å². The first-order valence-corrected chi connectivity index (χ1v) is 14.6. The van der Waals surface area contributed by atoms with Crippen molar-refractivity contribution >= 4 is 41.4 Å². The number of carbonyl (C=O) groups is 2. The summed E-state index contributed by atoms with van der Waals surface area (Å²) in [5, 5.41) is 3.11. The lowest BCUT2D eigenvalue weighted by Crippen LogP contribution is -2.78. The van der Waals surface area contributed by atoms with Gasteiger partial charge in [0.05, 0.1) is 5.69 Å². The fourth-order valence-electron chi connectivity index (χ4n) is 5.58. The largest absolute Gasteiger partial charge is 0.325 e. The Morgan fingerprint density at radius 3 is 1.26 bits per heavy atom. The zero-order chi connectivity index (χ0) is 26.0. The Morgan fingerprint density at radius 2 is 0.842 bits per heavy atom. The first-order chi connectivity index (χ1) is 18.7. The van der Waals surface area contributed by atoms with Gasteiger partial charge in [0.2, 0.25) is 0 Å². The van der Waals surface area contributed by atoms with Crippen LogP contribution in [0.5, 0.6) is 0 Å². The fourth-order valence-corrected chi connectivity index (χ4v) is 10.5. The standard InChI is InChI=1S/C33H26N2O2Si/c36-32-31(26-16-6-1-7-17-26)35(33(37)34(32)27-18-8-2-9-19-27)38(28-20-10-3-11-21-28,29-22-12-4-13-23-29)30-24-14-5-15-25-30/h1-25,31H. The van der Waals surface area contributed by atoms with E-state index < -0.39 is 14.3 Å². The molecule has 38 heavy (non-hydrogen) atoms. The van der Waals surface area contributed by atoms with E-state index in [1.807, 2.05) is 120 Å². The molecule has 1 aliphatic heterocycles. The molecule has 184 valence electrons. The smallest absolute Gasteiger partial charge is 0.323 e. The van der Waals surface area contributed by atoms with Crippen LogP contribution in [0.3, 0.4) is 0 Å². The van der Waals surface area contributed by atoms with Crippen LogP contribution >= 0.6 is 0 Å². The van der Waals surface area contributed by atoms with Crippen LogP contribution in [0, 0.1) is 0 Å². The molecular weight excluding hydrogens is 484 g/mol. The van der Waals surface area contributed by atoms with Crippen LogP contribution in [0.2, 0.25) is 0 Å². The maximum absolute atomic E-state index is 14.7. The third-order valence-electron chi connectivity index (χ3n) is 7.18. The van der Waals surface area contributed by atoms with Gasteiger partial charge in [0.15, 0.2) is 0 Å². The minimum atomic E-state index is -3.29. The summed E-state index contributed by atoms with van der Waals surface area (Å²) < 4.78 is 1.91. The number of anilines is 1. The van der Waals surface area contributed by atoms with Gasteiger partial charge in [-0.15, -0.1) is 0 Å². The first-order valence-electron chi connectivity index (χ1n) is 12.7. The summed E-state index contributed by atoms with van der Waals surface area (Å²) in [6, 6.07) is 48.4. The summed E-state index contributed by atoms with van der Waals surface area (Å²) in [4.78, 5) is 30.4. The van der Waals surface area contributed by atoms with Crippen LogP contribution < -0.4 is 20.5 Å². The average Bonchev–Trinajstić information content (AvgIpc) is 3.26. The van der Waals surface area contributed by atoms with Crippen LogP contribution in [-0.2, 0) is 4.79 Å². The second kappa shape index (κ2) is 9.96. The summed E-state index contributed by atoms with van der Waals surface area (Å²) in [5.41, 5.74) is 1.37. The molecule has 6 rings (SSSR count). The molecule has 1 heterocycles. The van der Waals surface area contributed by atoms with E-state index in [1.54, 1.807) is 0 Å². The normalized spacial score (nSPS) is 15.6. The van der Waals surface area contributed by atoms with Gasteiger partial charge in [-0.3, -0.25) is 4.79 Å². The second-order valence-corrected chi connectivity index (χ2v) is 12.9. The van der Waals surface area contributed by atoms with Crippen molar-refractivity contribution < 1.29 is 9.59 Å². The van der Waals surface area contributed by atoms with E-state index in [0.717, 1.165) is 21.1 Å². The first kappa shape index (κ1) is 23.6. The molecule has 0 bridgehead atoms. The van der Waals surface area contributed by atoms with Gasteiger partial charge in [-0.05, 0) is 33.3 Å². The summed E-state index contributed by atoms with van der Waals surface area (Å²) in [6.07, 6.45) is 0. The third kappa shape index (κ3) is 3.76. The quantitative estimate of drug-likeness (QED) is 0.186. The number of carbonyl (C=O) groups excluding carboxylic acids is 2. The second-order valence-electron chi connectivity index (χ2n) is 9.28. The van der Waals surface area contributed by atoms with Gasteiger partial charge in [-0.25, -0.2) is 9.69 Å². The van der Waals surface area contributed by atoms with Crippen molar-refractivity contribution in [2.24, 2.45) is 0 Å². The number of hydrogen-bond donors (Lipinski definition) is 0. The van der Waals surface area contributed by atoms with Gasteiger partial charge in [0.1, 0.15) is 6.04 Å². The van der Waals surface area contributed by atoms with E-state index in [1.165, 1.54) is 4.90 Å². The molecule has 1 atom stereocenters. The molecule has 1 fully saturated rings. The monoisotopic (exact) mass is 510 g/mol. The van der Waals surface area contributed by atoms with Crippen LogP contribution in [-0.4, -0.2) is 24.7 Å². The third-order valence-corrected chi connectivity index (χ3v) is 11.9. The van der Waals surface area contributed by atoms with Crippen molar-refractivity contribution in [1.29, 1.82) is 0 Å². The Balaban J connectivity index is 1.71. The summed E-state index contributed by atoms with van der Waals surface area (Å²) in [6.45, 7) is 0. The van der Waals surface area contributed by atoms with Gasteiger partial charge < -0.3 is 4.57 Å². The van der Waals surface area contributed by atoms with Crippen LogP contribution in [0.4, 0.5) is 10.5 Å². The lowest BCUT2D eigenvalue weighted by molar-refractivity contribution is -0.119. The molecule has 3 amide bonds. The molecule has 5 heteroatoms. The Bertz CT molecular complexity index is 1450. The molecule has 0 spiro atoms. The number of imide groups is 1. The maximum atomic E-state index is 14.7. The Labute approximate surface area is 223 Å². The molecule has 4 nitrogen and oxygen atoms in total. The van der Waals surface area contributed by atoms with Crippen molar-refractivity contribution in [1.82, 2.24) is 4.57 Å². The van der Waals surface area contributed by atoms with Gasteiger partial charge in [-0.2, -0.15) is 0 Å². The molecule has 0 aliphatic carbocycles. The molecule has 0 radical (unpaired) electrons. The number of urea groups is 1. The Hall–Kier alpha value is -4.74. The zero-order valence-corrected chi connectivity index (χ0v) is 21.7. The summed E-state index contributed by atoms with van der Waals surface area (Å²) in [7, 11) is -3.29. The summed E-state index contributed by atoms with van der Waals surface area (Å²) in [5.74, 6) is -0.243. The minimum absolute atomic E-state index is 0.243. The van der Waals surface area contributed by atoms with Crippen molar-refractivity contribution in [3.05, 3.63) is 157 Å². The van der Waals surface area contributed by atoms with Crippen LogP contribution in [0.1, 0.15) is 11.6 Å². The van der Waals surface area contributed by atoms with Crippen molar-refractivity contribution in [3.63, 3.8) is 0 Å². The lowest BCUT2D eigenvalue weighted by Gasteiger charge is -2.43. The Kier molecular flexibility index (Phi) is 6.20. The zero-order valence-electron chi connectivity index (χ0n) is 20.7. The van der Waals surface area contributed by atoms with Crippen LogP contribution in [0.15, 0.2) is 152 Å². The highest BCUT2D eigenvalue weighted by Crippen LogP contribution is 2.37. The van der Waals surface area contributed by atoms with Gasteiger partial charge in [-0.1, -0.05) is 140 Å². The van der Waals surface area contributed by atoms with Crippen molar-refractivity contribution in [2.75, 3.05) is 4.90 Å². The predicted octanol–water partition coefficient (Wildman–Crippen LogP) is 4.86. The van der Waals surface area contributed by atoms with Crippen molar-refractivity contribution in [3.8, 4) is 0 Å². The number of nitrogens with zero attached hydrogens (tertiary/aromatic N) is 2. The molecule has 1 aliphatic rings. The molecule has 1 unspecified atom stereocenters. The number of hydrogen-bond acceptors (Lipinski definition) is 2. The number of para-hydroxylation sites is 1. The Morgan fingerprint density at radius 1 is 0.474 bits per heavy atom. The minimum Gasteiger partial charge on any atom is -0.323 e. The highest BCUT2D eigenvalue weighted by atomic mass is 28.3. The molecule has 1 saturated heterocycles. The lowest BCUT2D eigenvalue weighted by atomic mass is 10.1. The highest BCUT2D eigenvalue weighted by Gasteiger charge is 2.59. The van der Waals surface area contributed by atoms with E-state index >= 15 is 0 Å².